The normalized spacial score (nSPS) is 11.0. The van der Waals surface area contributed by atoms with E-state index in [0.29, 0.717) is 21.6 Å². The van der Waals surface area contributed by atoms with Gasteiger partial charge in [0.05, 0.1) is 5.39 Å². The molecule has 2 aromatic heterocycles. The van der Waals surface area contributed by atoms with Gasteiger partial charge in [-0.25, -0.2) is 9.78 Å². The molecule has 26 heavy (non-hydrogen) atoms. The summed E-state index contributed by atoms with van der Waals surface area (Å²) in [5.74, 6) is -0.654. The van der Waals surface area contributed by atoms with Crippen LogP contribution in [0.2, 0.25) is 0 Å². The first-order valence-corrected chi connectivity index (χ1v) is 8.95. The summed E-state index contributed by atoms with van der Waals surface area (Å²) in [6, 6.07) is 7.57. The van der Waals surface area contributed by atoms with Gasteiger partial charge in [-0.3, -0.25) is 14.2 Å². The van der Waals surface area contributed by atoms with Crippen LogP contribution in [0.4, 0.5) is 0 Å². The van der Waals surface area contributed by atoms with Gasteiger partial charge in [0.1, 0.15) is 21.3 Å². The van der Waals surface area contributed by atoms with Crippen LogP contribution < -0.4 is 5.56 Å². The van der Waals surface area contributed by atoms with Gasteiger partial charge >= 0.3 is 5.97 Å². The fraction of sp³-hybridized carbons (Fsp3) is 0.263. The van der Waals surface area contributed by atoms with Crippen molar-refractivity contribution in [3.8, 4) is 11.4 Å². The fourth-order valence-electron chi connectivity index (χ4n) is 2.82. The molecule has 3 rings (SSSR count). The molecule has 0 unspecified atom stereocenters. The summed E-state index contributed by atoms with van der Waals surface area (Å²) < 4.78 is 1.47. The molecule has 0 bridgehead atoms. The quantitative estimate of drug-likeness (QED) is 0.743. The lowest BCUT2D eigenvalue weighted by Gasteiger charge is -2.12. The third kappa shape index (κ3) is 3.17. The third-order valence-corrected chi connectivity index (χ3v) is 5.42. The first kappa shape index (κ1) is 18.0. The molecule has 0 aliphatic carbocycles. The zero-order valence-corrected chi connectivity index (χ0v) is 15.5. The Hall–Kier alpha value is -2.80. The number of aryl methyl sites for hydroxylation is 2. The van der Waals surface area contributed by atoms with Gasteiger partial charge in [-0.05, 0) is 26.3 Å². The monoisotopic (exact) mass is 370 g/mol. The summed E-state index contributed by atoms with van der Waals surface area (Å²) in [7, 11) is 0. The highest BCUT2D eigenvalue weighted by atomic mass is 32.1. The summed E-state index contributed by atoms with van der Waals surface area (Å²) in [6.45, 7) is 5.26. The van der Waals surface area contributed by atoms with Crippen molar-refractivity contribution < 1.29 is 14.7 Å². The lowest BCUT2D eigenvalue weighted by Crippen LogP contribution is -2.24. The Bertz CT molecular complexity index is 1080. The summed E-state index contributed by atoms with van der Waals surface area (Å²) in [5.41, 5.74) is 1.93. The van der Waals surface area contributed by atoms with Crippen molar-refractivity contribution in [1.82, 2.24) is 9.55 Å². The molecule has 6 nitrogen and oxygen atoms in total. The zero-order chi connectivity index (χ0) is 19.0. The van der Waals surface area contributed by atoms with Gasteiger partial charge < -0.3 is 5.11 Å². The molecule has 0 aliphatic heterocycles. The Balaban J connectivity index is 2.32. The number of Topliss-reactive ketones (excluding diaryl/α,β-unsaturated/α-hetero) is 1. The van der Waals surface area contributed by atoms with Crippen molar-refractivity contribution in [3.05, 3.63) is 50.6 Å². The number of aromatic carboxylic acids is 1. The van der Waals surface area contributed by atoms with Crippen LogP contribution in [-0.2, 0) is 11.3 Å². The molecular weight excluding hydrogens is 352 g/mol. The predicted molar refractivity (Wildman–Crippen MR) is 101 cm³/mol. The summed E-state index contributed by atoms with van der Waals surface area (Å²) in [6.07, 6.45) is 0.209. The molecular formula is C19H18N2O4S. The number of thiophene rings is 1. The van der Waals surface area contributed by atoms with E-state index < -0.39 is 5.97 Å². The SMILES string of the molecule is CC(=O)CCn1c(-c2ccc(C)cc2)nc2sc(C(=O)O)c(C)c2c1=O. The maximum absolute atomic E-state index is 13.1. The van der Waals surface area contributed by atoms with Crippen molar-refractivity contribution >= 4 is 33.3 Å². The summed E-state index contributed by atoms with van der Waals surface area (Å²) in [5, 5.41) is 9.66. The van der Waals surface area contributed by atoms with E-state index in [0.717, 1.165) is 22.5 Å². The van der Waals surface area contributed by atoms with E-state index in [-0.39, 0.29) is 29.2 Å². The van der Waals surface area contributed by atoms with Crippen LogP contribution in [0.3, 0.4) is 0 Å². The van der Waals surface area contributed by atoms with E-state index in [9.17, 15) is 19.5 Å². The van der Waals surface area contributed by atoms with Gasteiger partial charge in [0.25, 0.3) is 5.56 Å². The second kappa shape index (κ2) is 6.84. The molecule has 0 saturated heterocycles. The average molecular weight is 370 g/mol. The molecule has 134 valence electrons. The van der Waals surface area contributed by atoms with Crippen LogP contribution in [0.25, 0.3) is 21.6 Å². The molecule has 0 radical (unpaired) electrons. The molecule has 0 saturated carbocycles. The van der Waals surface area contributed by atoms with Gasteiger partial charge in [-0.2, -0.15) is 0 Å². The topological polar surface area (TPSA) is 89.3 Å². The number of hydrogen-bond donors (Lipinski definition) is 1. The lowest BCUT2D eigenvalue weighted by atomic mass is 10.1. The second-order valence-electron chi connectivity index (χ2n) is 6.25. The van der Waals surface area contributed by atoms with Crippen molar-refractivity contribution in [2.24, 2.45) is 0 Å². The van der Waals surface area contributed by atoms with Crippen molar-refractivity contribution in [2.45, 2.75) is 33.7 Å². The van der Waals surface area contributed by atoms with E-state index >= 15 is 0 Å². The molecule has 0 spiro atoms. The molecule has 1 aromatic carbocycles. The Morgan fingerprint density at radius 3 is 2.42 bits per heavy atom. The van der Waals surface area contributed by atoms with E-state index in [4.69, 9.17) is 0 Å². The van der Waals surface area contributed by atoms with Crippen LogP contribution >= 0.6 is 11.3 Å². The number of nitrogens with zero attached hydrogens (tertiary/aromatic N) is 2. The Morgan fingerprint density at radius 2 is 1.85 bits per heavy atom. The number of carbonyl (C=O) groups is 2. The summed E-state index contributed by atoms with van der Waals surface area (Å²) >= 11 is 1.00. The number of hydrogen-bond acceptors (Lipinski definition) is 5. The first-order chi connectivity index (χ1) is 12.3. The molecule has 1 N–H and O–H groups in total. The Labute approximate surface area is 153 Å². The average Bonchev–Trinajstić information content (AvgIpc) is 2.91. The molecule has 0 atom stereocenters. The maximum Gasteiger partial charge on any atom is 0.346 e. The minimum absolute atomic E-state index is 0.0277. The highest BCUT2D eigenvalue weighted by molar-refractivity contribution is 7.20. The van der Waals surface area contributed by atoms with Gasteiger partial charge in [0, 0.05) is 18.5 Å². The smallest absolute Gasteiger partial charge is 0.346 e. The third-order valence-electron chi connectivity index (χ3n) is 4.24. The highest BCUT2D eigenvalue weighted by Gasteiger charge is 2.21. The van der Waals surface area contributed by atoms with Crippen LogP contribution in [-0.4, -0.2) is 26.4 Å². The Kier molecular flexibility index (Phi) is 4.73. The minimum Gasteiger partial charge on any atom is -0.477 e. The van der Waals surface area contributed by atoms with Gasteiger partial charge in [0.2, 0.25) is 0 Å². The van der Waals surface area contributed by atoms with E-state index in [1.54, 1.807) is 6.92 Å². The molecule has 2 heterocycles. The van der Waals surface area contributed by atoms with E-state index in [1.165, 1.54) is 11.5 Å². The lowest BCUT2D eigenvalue weighted by molar-refractivity contribution is -0.117. The highest BCUT2D eigenvalue weighted by Crippen LogP contribution is 2.29. The maximum atomic E-state index is 13.1. The van der Waals surface area contributed by atoms with Gasteiger partial charge in [0.15, 0.2) is 0 Å². The summed E-state index contributed by atoms with van der Waals surface area (Å²) in [4.78, 5) is 41.0. The molecule has 0 amide bonds. The fourth-order valence-corrected chi connectivity index (χ4v) is 3.83. The van der Waals surface area contributed by atoms with Crippen molar-refractivity contribution in [2.75, 3.05) is 0 Å². The number of ketones is 1. The molecule has 0 fully saturated rings. The predicted octanol–water partition coefficient (Wildman–Crippen LogP) is 3.42. The van der Waals surface area contributed by atoms with Gasteiger partial charge in [-0.15, -0.1) is 11.3 Å². The number of fused-ring (bicyclic) bond motifs is 1. The van der Waals surface area contributed by atoms with Crippen LogP contribution in [0.1, 0.15) is 34.1 Å². The number of carbonyl (C=O) groups excluding carboxylic acids is 1. The van der Waals surface area contributed by atoms with Crippen LogP contribution in [0.15, 0.2) is 29.1 Å². The van der Waals surface area contributed by atoms with Crippen molar-refractivity contribution in [3.63, 3.8) is 0 Å². The minimum atomic E-state index is -1.07. The molecule has 0 aliphatic rings. The van der Waals surface area contributed by atoms with Gasteiger partial charge in [-0.1, -0.05) is 29.8 Å². The first-order valence-electron chi connectivity index (χ1n) is 8.13. The standard InChI is InChI=1S/C19H18N2O4S/c1-10-4-6-13(7-5-10)16-20-17-14(12(3)15(26-17)19(24)25)18(23)21(16)9-8-11(2)22/h4-7H,8-9H2,1-3H3,(H,24,25). The zero-order valence-electron chi connectivity index (χ0n) is 14.7. The molecule has 3 aromatic rings. The number of aromatic nitrogens is 2. The van der Waals surface area contributed by atoms with Crippen molar-refractivity contribution in [1.29, 1.82) is 0 Å². The van der Waals surface area contributed by atoms with Crippen LogP contribution in [0, 0.1) is 13.8 Å². The number of carboxylic acids is 1. The number of benzene rings is 1. The molecule has 7 heteroatoms. The number of rotatable bonds is 5. The largest absolute Gasteiger partial charge is 0.477 e. The van der Waals surface area contributed by atoms with E-state index in [1.807, 2.05) is 31.2 Å². The number of carboxylic acid groups (broad SMARTS) is 1. The Morgan fingerprint density at radius 1 is 1.19 bits per heavy atom. The van der Waals surface area contributed by atoms with E-state index in [2.05, 4.69) is 4.98 Å². The van der Waals surface area contributed by atoms with Crippen LogP contribution in [0.5, 0.6) is 0 Å². The second-order valence-corrected chi connectivity index (χ2v) is 7.25.